The van der Waals surface area contributed by atoms with E-state index in [1.54, 1.807) is 31.4 Å². The van der Waals surface area contributed by atoms with Crippen LogP contribution in [0.4, 0.5) is 0 Å². The Bertz CT molecular complexity index is 770. The topological polar surface area (TPSA) is 64.6 Å². The minimum Gasteiger partial charge on any atom is -0.432 e. The fraction of sp³-hybridized carbons (Fsp3) is 0.391. The second-order valence-corrected chi connectivity index (χ2v) is 7.18. The molecule has 1 saturated carbocycles. The van der Waals surface area contributed by atoms with Crippen molar-refractivity contribution in [2.24, 2.45) is 0 Å². The van der Waals surface area contributed by atoms with Gasteiger partial charge in [0, 0.05) is 31.9 Å². The smallest absolute Gasteiger partial charge is 0.331 e. The maximum absolute atomic E-state index is 13.0. The molecule has 3 rings (SSSR count). The molecule has 148 valence electrons. The highest BCUT2D eigenvalue weighted by atomic mass is 16.7. The zero-order valence-electron chi connectivity index (χ0n) is 16.2. The number of carbonyl (C=O) groups is 2. The average Bonchev–Trinajstić information content (AvgIpc) is 2.75. The van der Waals surface area contributed by atoms with Crippen LogP contribution in [0.1, 0.15) is 48.0 Å². The van der Waals surface area contributed by atoms with Crippen LogP contribution < -0.4 is 5.32 Å². The molecule has 1 aliphatic carbocycles. The van der Waals surface area contributed by atoms with Crippen LogP contribution in [-0.2, 0) is 20.7 Å². The van der Waals surface area contributed by atoms with Crippen molar-refractivity contribution in [2.75, 3.05) is 7.11 Å². The minimum absolute atomic E-state index is 0.298. The van der Waals surface area contributed by atoms with E-state index < -0.39 is 17.8 Å². The van der Waals surface area contributed by atoms with Crippen molar-refractivity contribution >= 4 is 11.9 Å². The summed E-state index contributed by atoms with van der Waals surface area (Å²) in [4.78, 5) is 25.7. The summed E-state index contributed by atoms with van der Waals surface area (Å²) in [5, 5.41) is 2.84. The zero-order chi connectivity index (χ0) is 19.8. The van der Waals surface area contributed by atoms with E-state index in [0.29, 0.717) is 24.8 Å². The summed E-state index contributed by atoms with van der Waals surface area (Å²) in [6.07, 6.45) is 4.75. The molecule has 0 aromatic heterocycles. The summed E-state index contributed by atoms with van der Waals surface area (Å²) < 4.78 is 11.4. The first-order valence-electron chi connectivity index (χ1n) is 9.80. The first-order valence-corrected chi connectivity index (χ1v) is 9.80. The summed E-state index contributed by atoms with van der Waals surface area (Å²) in [7, 11) is 1.58. The first kappa shape index (κ1) is 20.1. The lowest BCUT2D eigenvalue weighted by atomic mass is 9.94. The normalized spacial score (nSPS) is 16.8. The van der Waals surface area contributed by atoms with Gasteiger partial charge in [-0.3, -0.25) is 4.79 Å². The Balaban J connectivity index is 1.76. The Morgan fingerprint density at radius 3 is 2.18 bits per heavy atom. The van der Waals surface area contributed by atoms with Gasteiger partial charge in [-0.2, -0.15) is 0 Å². The largest absolute Gasteiger partial charge is 0.432 e. The van der Waals surface area contributed by atoms with Crippen LogP contribution in [0.5, 0.6) is 0 Å². The van der Waals surface area contributed by atoms with Gasteiger partial charge in [0.05, 0.1) is 0 Å². The average molecular weight is 381 g/mol. The van der Waals surface area contributed by atoms with Gasteiger partial charge in [-0.15, -0.1) is 0 Å². The molecule has 0 spiro atoms. The van der Waals surface area contributed by atoms with Gasteiger partial charge in [0.15, 0.2) is 0 Å². The molecule has 0 radical (unpaired) electrons. The minimum atomic E-state index is -0.887. The molecule has 28 heavy (non-hydrogen) atoms. The molecule has 0 unspecified atom stereocenters. The number of methoxy groups -OCH3 is 1. The predicted molar refractivity (Wildman–Crippen MR) is 107 cm³/mol. The van der Waals surface area contributed by atoms with Gasteiger partial charge in [0.25, 0.3) is 5.91 Å². The molecule has 1 atom stereocenters. The quantitative estimate of drug-likeness (QED) is 0.584. The summed E-state index contributed by atoms with van der Waals surface area (Å²) in [5.74, 6) is -1.65. The molecule has 0 bridgehead atoms. The Kier molecular flexibility index (Phi) is 6.82. The lowest BCUT2D eigenvalue weighted by molar-refractivity contribution is -0.234. The van der Waals surface area contributed by atoms with Crippen LogP contribution >= 0.6 is 0 Å². The monoisotopic (exact) mass is 381 g/mol. The van der Waals surface area contributed by atoms with Crippen molar-refractivity contribution in [3.63, 3.8) is 0 Å². The molecule has 5 heteroatoms. The summed E-state index contributed by atoms with van der Waals surface area (Å²) >= 11 is 0. The number of hydrogen-bond acceptors (Lipinski definition) is 4. The third kappa shape index (κ3) is 5.20. The Morgan fingerprint density at radius 2 is 1.57 bits per heavy atom. The van der Waals surface area contributed by atoms with Crippen LogP contribution in [0, 0.1) is 0 Å². The molecule has 1 aliphatic rings. The van der Waals surface area contributed by atoms with Crippen molar-refractivity contribution in [1.29, 1.82) is 0 Å². The highest BCUT2D eigenvalue weighted by Crippen LogP contribution is 2.32. The second kappa shape index (κ2) is 9.51. The molecule has 0 saturated heterocycles. The van der Waals surface area contributed by atoms with E-state index in [9.17, 15) is 9.59 Å². The SMILES string of the molecule is COC1(OC(=O)[C@H](Cc2ccccc2)NC(=O)c2ccccc2)CCCCC1. The van der Waals surface area contributed by atoms with E-state index in [0.717, 1.165) is 24.8 Å². The summed E-state index contributed by atoms with van der Waals surface area (Å²) in [5.41, 5.74) is 1.46. The molecule has 5 nitrogen and oxygen atoms in total. The molecular weight excluding hydrogens is 354 g/mol. The van der Waals surface area contributed by atoms with E-state index >= 15 is 0 Å². The van der Waals surface area contributed by atoms with Gasteiger partial charge in [-0.05, 0) is 30.5 Å². The number of rotatable bonds is 7. The van der Waals surface area contributed by atoms with E-state index in [1.807, 2.05) is 36.4 Å². The number of esters is 1. The van der Waals surface area contributed by atoms with Crippen molar-refractivity contribution in [2.45, 2.75) is 50.4 Å². The van der Waals surface area contributed by atoms with Crippen LogP contribution in [-0.4, -0.2) is 30.8 Å². The Morgan fingerprint density at radius 1 is 0.964 bits per heavy atom. The highest BCUT2D eigenvalue weighted by molar-refractivity contribution is 5.96. The molecular formula is C23H27NO4. The van der Waals surface area contributed by atoms with Gasteiger partial charge in [0.2, 0.25) is 5.79 Å². The molecule has 0 aliphatic heterocycles. The van der Waals surface area contributed by atoms with E-state index in [-0.39, 0.29) is 5.91 Å². The third-order valence-electron chi connectivity index (χ3n) is 5.18. The van der Waals surface area contributed by atoms with Gasteiger partial charge < -0.3 is 14.8 Å². The fourth-order valence-corrected chi connectivity index (χ4v) is 3.57. The van der Waals surface area contributed by atoms with Crippen molar-refractivity contribution in [3.8, 4) is 0 Å². The van der Waals surface area contributed by atoms with Crippen molar-refractivity contribution < 1.29 is 19.1 Å². The molecule has 2 aromatic rings. The number of carbonyl (C=O) groups excluding carboxylic acids is 2. The lowest BCUT2D eigenvalue weighted by Crippen LogP contribution is -2.48. The van der Waals surface area contributed by atoms with Crippen molar-refractivity contribution in [1.82, 2.24) is 5.32 Å². The molecule has 1 fully saturated rings. The summed E-state index contributed by atoms with van der Waals surface area (Å²) in [6.45, 7) is 0. The molecule has 1 N–H and O–H groups in total. The van der Waals surface area contributed by atoms with Gasteiger partial charge >= 0.3 is 5.97 Å². The maximum atomic E-state index is 13.0. The number of benzene rings is 2. The number of ether oxygens (including phenoxy) is 2. The van der Waals surface area contributed by atoms with Gasteiger partial charge in [-0.25, -0.2) is 4.79 Å². The van der Waals surface area contributed by atoms with Crippen LogP contribution in [0.25, 0.3) is 0 Å². The maximum Gasteiger partial charge on any atom is 0.331 e. The molecule has 2 aromatic carbocycles. The number of nitrogens with one attached hydrogen (secondary N) is 1. The van der Waals surface area contributed by atoms with Crippen molar-refractivity contribution in [3.05, 3.63) is 71.8 Å². The fourth-order valence-electron chi connectivity index (χ4n) is 3.57. The van der Waals surface area contributed by atoms with Crippen LogP contribution in [0.2, 0.25) is 0 Å². The second-order valence-electron chi connectivity index (χ2n) is 7.18. The lowest BCUT2D eigenvalue weighted by Gasteiger charge is -2.36. The van der Waals surface area contributed by atoms with E-state index in [2.05, 4.69) is 5.32 Å². The van der Waals surface area contributed by atoms with Crippen LogP contribution in [0.3, 0.4) is 0 Å². The number of hydrogen-bond donors (Lipinski definition) is 1. The molecule has 1 amide bonds. The zero-order valence-corrected chi connectivity index (χ0v) is 16.2. The standard InChI is InChI=1S/C23H27NO4/c1-27-23(15-9-4-10-16-23)28-22(26)20(17-18-11-5-2-6-12-18)24-21(25)19-13-7-3-8-14-19/h2-3,5-8,11-14,20H,4,9-10,15-17H2,1H3,(H,24,25)/t20-/m0/s1. The Hall–Kier alpha value is -2.66. The summed E-state index contributed by atoms with van der Waals surface area (Å²) in [6, 6.07) is 17.7. The van der Waals surface area contributed by atoms with E-state index in [4.69, 9.17) is 9.47 Å². The third-order valence-corrected chi connectivity index (χ3v) is 5.18. The first-order chi connectivity index (χ1) is 13.6. The predicted octanol–water partition coefficient (Wildman–Crippen LogP) is 3.88. The molecule has 0 heterocycles. The highest BCUT2D eigenvalue weighted by Gasteiger charge is 2.38. The van der Waals surface area contributed by atoms with E-state index in [1.165, 1.54) is 0 Å². The van der Waals surface area contributed by atoms with Gasteiger partial charge in [-0.1, -0.05) is 55.0 Å². The van der Waals surface area contributed by atoms with Gasteiger partial charge in [0.1, 0.15) is 6.04 Å². The van der Waals surface area contributed by atoms with Crippen LogP contribution in [0.15, 0.2) is 60.7 Å². The number of amides is 1. The Labute approximate surface area is 166 Å².